The van der Waals surface area contributed by atoms with Gasteiger partial charge in [-0.15, -0.1) is 0 Å². The van der Waals surface area contributed by atoms with Gasteiger partial charge < -0.3 is 9.84 Å². The molecule has 0 saturated heterocycles. The van der Waals surface area contributed by atoms with E-state index in [1.807, 2.05) is 0 Å². The normalized spacial score (nSPS) is 16.9. The average Bonchev–Trinajstić information content (AvgIpc) is 2.67. The molecule has 1 aliphatic rings. The molecule has 0 radical (unpaired) electrons. The first-order chi connectivity index (χ1) is 8.85. The van der Waals surface area contributed by atoms with E-state index in [2.05, 4.69) is 50.0 Å². The molecule has 108 valence electrons. The van der Waals surface area contributed by atoms with Crippen molar-refractivity contribution >= 4 is 0 Å². The second-order valence-corrected chi connectivity index (χ2v) is 7.01. The van der Waals surface area contributed by atoms with E-state index in [-0.39, 0.29) is 5.54 Å². The Labute approximate surface area is 116 Å². The lowest BCUT2D eigenvalue weighted by Gasteiger charge is -2.28. The third kappa shape index (κ3) is 4.05. The lowest BCUT2D eigenvalue weighted by molar-refractivity contribution is 0.213. The number of nitrogens with one attached hydrogen (secondary N) is 1. The third-order valence-electron chi connectivity index (χ3n) is 3.40. The van der Waals surface area contributed by atoms with Gasteiger partial charge in [-0.1, -0.05) is 19.0 Å². The number of hydrogen-bond donors (Lipinski definition) is 1. The second-order valence-electron chi connectivity index (χ2n) is 7.01. The lowest BCUT2D eigenvalue weighted by Crippen LogP contribution is -2.36. The summed E-state index contributed by atoms with van der Waals surface area (Å²) >= 11 is 0. The smallest absolute Gasteiger partial charge is 0.142 e. The quantitative estimate of drug-likeness (QED) is 0.908. The van der Waals surface area contributed by atoms with E-state index in [4.69, 9.17) is 4.52 Å². The Kier molecular flexibility index (Phi) is 4.31. The monoisotopic (exact) mass is 265 g/mol. The van der Waals surface area contributed by atoms with Gasteiger partial charge in [-0.3, -0.25) is 4.90 Å². The minimum absolute atomic E-state index is 0.109. The fourth-order valence-electron chi connectivity index (χ4n) is 2.48. The minimum Gasteiger partial charge on any atom is -0.361 e. The van der Waals surface area contributed by atoms with Crippen molar-refractivity contribution in [2.45, 2.75) is 59.7 Å². The van der Waals surface area contributed by atoms with Crippen molar-refractivity contribution in [3.8, 4) is 0 Å². The van der Waals surface area contributed by atoms with Crippen molar-refractivity contribution in [3.05, 3.63) is 17.0 Å². The van der Waals surface area contributed by atoms with E-state index in [1.54, 1.807) is 0 Å². The number of fused-ring (bicyclic) bond motifs is 1. The Morgan fingerprint density at radius 2 is 2.11 bits per heavy atom. The first-order valence-corrected chi connectivity index (χ1v) is 7.29. The van der Waals surface area contributed by atoms with Crippen molar-refractivity contribution in [3.63, 3.8) is 0 Å². The molecule has 0 fully saturated rings. The van der Waals surface area contributed by atoms with E-state index in [1.165, 1.54) is 5.56 Å². The molecule has 1 aliphatic heterocycles. The van der Waals surface area contributed by atoms with Crippen LogP contribution in [0.5, 0.6) is 0 Å². The van der Waals surface area contributed by atoms with Gasteiger partial charge in [0, 0.05) is 43.7 Å². The van der Waals surface area contributed by atoms with Gasteiger partial charge in [-0.25, -0.2) is 0 Å². The minimum atomic E-state index is 0.109. The zero-order valence-corrected chi connectivity index (χ0v) is 12.9. The van der Waals surface area contributed by atoms with Crippen LogP contribution in [0.4, 0.5) is 0 Å². The van der Waals surface area contributed by atoms with Crippen molar-refractivity contribution in [2.75, 3.05) is 13.1 Å². The molecule has 4 heteroatoms. The molecule has 1 aromatic rings. The van der Waals surface area contributed by atoms with Crippen LogP contribution in [0.25, 0.3) is 0 Å². The SMILES string of the molecule is CC(C)CN1CCc2onc(CNC(C)(C)C)c2C1. The molecule has 2 heterocycles. The van der Waals surface area contributed by atoms with E-state index in [9.17, 15) is 0 Å². The predicted octanol–water partition coefficient (Wildman–Crippen LogP) is 2.58. The van der Waals surface area contributed by atoms with Gasteiger partial charge in [0.15, 0.2) is 0 Å². The van der Waals surface area contributed by atoms with Crippen molar-refractivity contribution < 1.29 is 4.52 Å². The molecule has 1 N–H and O–H groups in total. The third-order valence-corrected chi connectivity index (χ3v) is 3.40. The summed E-state index contributed by atoms with van der Waals surface area (Å²) in [5, 5.41) is 7.74. The first kappa shape index (κ1) is 14.5. The molecule has 0 spiro atoms. The average molecular weight is 265 g/mol. The van der Waals surface area contributed by atoms with Gasteiger partial charge in [0.1, 0.15) is 11.5 Å². The van der Waals surface area contributed by atoms with Crippen LogP contribution in [0.1, 0.15) is 51.6 Å². The molecule has 0 amide bonds. The predicted molar refractivity (Wildman–Crippen MR) is 76.9 cm³/mol. The van der Waals surface area contributed by atoms with E-state index >= 15 is 0 Å². The van der Waals surface area contributed by atoms with Gasteiger partial charge in [-0.2, -0.15) is 0 Å². The summed E-state index contributed by atoms with van der Waals surface area (Å²) in [6.07, 6.45) is 0.991. The van der Waals surface area contributed by atoms with Crippen LogP contribution in [0.3, 0.4) is 0 Å². The van der Waals surface area contributed by atoms with Gasteiger partial charge in [-0.05, 0) is 26.7 Å². The maximum atomic E-state index is 5.49. The summed E-state index contributed by atoms with van der Waals surface area (Å²) in [5.74, 6) is 1.79. The Hall–Kier alpha value is -0.870. The molecule has 1 aromatic heterocycles. The van der Waals surface area contributed by atoms with Gasteiger partial charge in [0.2, 0.25) is 0 Å². The van der Waals surface area contributed by atoms with Crippen molar-refractivity contribution in [1.29, 1.82) is 0 Å². The second kappa shape index (κ2) is 5.63. The molecule has 0 atom stereocenters. The first-order valence-electron chi connectivity index (χ1n) is 7.29. The summed E-state index contributed by atoms with van der Waals surface area (Å²) in [4.78, 5) is 2.50. The van der Waals surface area contributed by atoms with Gasteiger partial charge in [0.25, 0.3) is 0 Å². The lowest BCUT2D eigenvalue weighted by atomic mass is 10.0. The highest BCUT2D eigenvalue weighted by Crippen LogP contribution is 2.23. The molecular formula is C15H27N3O. The Balaban J connectivity index is 2.03. The molecule has 0 aromatic carbocycles. The van der Waals surface area contributed by atoms with E-state index in [0.29, 0.717) is 5.92 Å². The maximum absolute atomic E-state index is 5.49. The molecule has 0 unspecified atom stereocenters. The highest BCUT2D eigenvalue weighted by molar-refractivity contribution is 5.25. The number of hydrogen-bond acceptors (Lipinski definition) is 4. The van der Waals surface area contributed by atoms with E-state index in [0.717, 1.165) is 44.1 Å². The molecule has 0 bridgehead atoms. The molecule has 0 aliphatic carbocycles. The van der Waals surface area contributed by atoms with Crippen LogP contribution >= 0.6 is 0 Å². The Morgan fingerprint density at radius 3 is 2.74 bits per heavy atom. The van der Waals surface area contributed by atoms with Crippen molar-refractivity contribution in [2.24, 2.45) is 5.92 Å². The van der Waals surface area contributed by atoms with Gasteiger partial charge in [0.05, 0.1) is 0 Å². The van der Waals surface area contributed by atoms with Crippen molar-refractivity contribution in [1.82, 2.24) is 15.4 Å². The molecule has 0 saturated carbocycles. The zero-order chi connectivity index (χ0) is 14.0. The van der Waals surface area contributed by atoms with Crippen LogP contribution in [-0.4, -0.2) is 28.7 Å². The van der Waals surface area contributed by atoms with Crippen LogP contribution < -0.4 is 5.32 Å². The van der Waals surface area contributed by atoms with E-state index < -0.39 is 0 Å². The number of aromatic nitrogens is 1. The fraction of sp³-hybridized carbons (Fsp3) is 0.800. The fourth-order valence-corrected chi connectivity index (χ4v) is 2.48. The van der Waals surface area contributed by atoms with Gasteiger partial charge >= 0.3 is 0 Å². The summed E-state index contributed by atoms with van der Waals surface area (Å²) < 4.78 is 5.49. The summed E-state index contributed by atoms with van der Waals surface area (Å²) in [6, 6.07) is 0. The number of nitrogens with zero attached hydrogens (tertiary/aromatic N) is 2. The van der Waals surface area contributed by atoms with Crippen LogP contribution in [0, 0.1) is 5.92 Å². The van der Waals surface area contributed by atoms with Crippen LogP contribution in [0.15, 0.2) is 4.52 Å². The summed E-state index contributed by atoms with van der Waals surface area (Å²) in [7, 11) is 0. The Morgan fingerprint density at radius 1 is 1.37 bits per heavy atom. The summed E-state index contributed by atoms with van der Waals surface area (Å²) in [5.41, 5.74) is 2.50. The van der Waals surface area contributed by atoms with Crippen LogP contribution in [0.2, 0.25) is 0 Å². The summed E-state index contributed by atoms with van der Waals surface area (Å²) in [6.45, 7) is 15.1. The van der Waals surface area contributed by atoms with Crippen LogP contribution in [-0.2, 0) is 19.5 Å². The molecule has 4 nitrogen and oxygen atoms in total. The highest BCUT2D eigenvalue weighted by atomic mass is 16.5. The molecule has 19 heavy (non-hydrogen) atoms. The standard InChI is InChI=1S/C15H27N3O/c1-11(2)9-18-7-6-14-12(10-18)13(17-19-14)8-16-15(3,4)5/h11,16H,6-10H2,1-5H3. The largest absolute Gasteiger partial charge is 0.361 e. The maximum Gasteiger partial charge on any atom is 0.142 e. The topological polar surface area (TPSA) is 41.3 Å². The Bertz CT molecular complexity index is 418. The molecular weight excluding hydrogens is 238 g/mol. The zero-order valence-electron chi connectivity index (χ0n) is 12.9. The molecule has 2 rings (SSSR count). The highest BCUT2D eigenvalue weighted by Gasteiger charge is 2.24. The number of rotatable bonds is 4.